The minimum atomic E-state index is -3.41. The molecule has 0 radical (unpaired) electrons. The van der Waals surface area contributed by atoms with Crippen molar-refractivity contribution >= 4 is 16.0 Å². The lowest BCUT2D eigenvalue weighted by Crippen LogP contribution is -2.51. The van der Waals surface area contributed by atoms with Gasteiger partial charge in [0.05, 0.1) is 6.04 Å². The molecule has 0 aromatic carbocycles. The number of hydrogen-bond acceptors (Lipinski definition) is 3. The van der Waals surface area contributed by atoms with E-state index in [1.165, 1.54) is 8.61 Å². The van der Waals surface area contributed by atoms with Gasteiger partial charge in [-0.05, 0) is 25.7 Å². The highest BCUT2D eigenvalue weighted by Gasteiger charge is 2.39. The molecule has 0 bridgehead atoms. The van der Waals surface area contributed by atoms with E-state index < -0.39 is 16.3 Å². The zero-order chi connectivity index (χ0) is 12.5. The SMILES string of the molecule is N=C(N)C1CCCN1S(=O)(=O)N1CCCCC1. The van der Waals surface area contributed by atoms with Crippen molar-refractivity contribution in [2.24, 2.45) is 5.73 Å². The summed E-state index contributed by atoms with van der Waals surface area (Å²) in [7, 11) is -3.41. The lowest BCUT2D eigenvalue weighted by Gasteiger charge is -2.32. The quantitative estimate of drug-likeness (QED) is 0.557. The number of nitrogens with one attached hydrogen (secondary N) is 1. The molecule has 2 rings (SSSR count). The fraction of sp³-hybridized carbons (Fsp3) is 0.900. The van der Waals surface area contributed by atoms with Crippen molar-refractivity contribution in [3.8, 4) is 0 Å². The Morgan fingerprint density at radius 2 is 1.76 bits per heavy atom. The number of piperidine rings is 1. The predicted octanol–water partition coefficient (Wildman–Crippen LogP) is 0.117. The van der Waals surface area contributed by atoms with Gasteiger partial charge in [0.2, 0.25) is 0 Å². The van der Waals surface area contributed by atoms with Crippen molar-refractivity contribution < 1.29 is 8.42 Å². The standard InChI is InChI=1S/C10H20N4O2S/c11-10(12)9-5-4-8-14(9)17(15,16)13-6-2-1-3-7-13/h9H,1-8H2,(H3,11,12). The molecule has 2 saturated heterocycles. The molecule has 0 spiro atoms. The lowest BCUT2D eigenvalue weighted by atomic mass is 10.2. The van der Waals surface area contributed by atoms with Crippen LogP contribution in [0.5, 0.6) is 0 Å². The van der Waals surface area contributed by atoms with E-state index in [2.05, 4.69) is 0 Å². The maximum Gasteiger partial charge on any atom is 0.282 e. The van der Waals surface area contributed by atoms with Gasteiger partial charge in [-0.25, -0.2) is 0 Å². The van der Waals surface area contributed by atoms with Gasteiger partial charge < -0.3 is 5.73 Å². The monoisotopic (exact) mass is 260 g/mol. The summed E-state index contributed by atoms with van der Waals surface area (Å²) >= 11 is 0. The molecule has 17 heavy (non-hydrogen) atoms. The minimum Gasteiger partial charge on any atom is -0.386 e. The second kappa shape index (κ2) is 4.91. The summed E-state index contributed by atoms with van der Waals surface area (Å²) in [6, 6.07) is -0.429. The molecule has 0 saturated carbocycles. The van der Waals surface area contributed by atoms with Crippen LogP contribution in [0.4, 0.5) is 0 Å². The van der Waals surface area contributed by atoms with Crippen molar-refractivity contribution in [3.05, 3.63) is 0 Å². The molecule has 0 aliphatic carbocycles. The molecule has 2 heterocycles. The first-order valence-electron chi connectivity index (χ1n) is 6.14. The Bertz CT molecular complexity index is 389. The summed E-state index contributed by atoms with van der Waals surface area (Å²) in [6.45, 7) is 1.69. The van der Waals surface area contributed by atoms with Crippen LogP contribution in [0.15, 0.2) is 0 Å². The Morgan fingerprint density at radius 3 is 2.35 bits per heavy atom. The largest absolute Gasteiger partial charge is 0.386 e. The van der Waals surface area contributed by atoms with Crippen molar-refractivity contribution in [1.29, 1.82) is 5.41 Å². The Hall–Kier alpha value is -0.660. The molecule has 0 aromatic heterocycles. The normalized spacial score (nSPS) is 28.4. The maximum atomic E-state index is 12.4. The number of hydrogen-bond donors (Lipinski definition) is 2. The second-order valence-corrected chi connectivity index (χ2v) is 6.57. The molecule has 7 heteroatoms. The summed E-state index contributed by atoms with van der Waals surface area (Å²) in [4.78, 5) is 0. The van der Waals surface area contributed by atoms with Gasteiger partial charge in [-0.3, -0.25) is 5.41 Å². The van der Waals surface area contributed by atoms with E-state index in [-0.39, 0.29) is 5.84 Å². The van der Waals surface area contributed by atoms with Gasteiger partial charge in [0.25, 0.3) is 10.2 Å². The molecule has 3 N–H and O–H groups in total. The maximum absolute atomic E-state index is 12.4. The van der Waals surface area contributed by atoms with Crippen LogP contribution in [0.25, 0.3) is 0 Å². The van der Waals surface area contributed by atoms with Crippen molar-refractivity contribution in [1.82, 2.24) is 8.61 Å². The molecule has 2 aliphatic rings. The first-order chi connectivity index (χ1) is 8.03. The Morgan fingerprint density at radius 1 is 1.12 bits per heavy atom. The van der Waals surface area contributed by atoms with Crippen LogP contribution in [-0.2, 0) is 10.2 Å². The number of nitrogens with two attached hydrogens (primary N) is 1. The first-order valence-corrected chi connectivity index (χ1v) is 7.54. The van der Waals surface area contributed by atoms with E-state index in [4.69, 9.17) is 11.1 Å². The van der Waals surface area contributed by atoms with Crippen LogP contribution < -0.4 is 5.73 Å². The van der Waals surface area contributed by atoms with Gasteiger partial charge >= 0.3 is 0 Å². The van der Waals surface area contributed by atoms with Crippen LogP contribution in [-0.4, -0.2) is 48.5 Å². The van der Waals surface area contributed by atoms with Crippen LogP contribution in [0, 0.1) is 5.41 Å². The Kier molecular flexibility index (Phi) is 3.70. The fourth-order valence-corrected chi connectivity index (χ4v) is 4.49. The van der Waals surface area contributed by atoms with Gasteiger partial charge in [-0.2, -0.15) is 17.0 Å². The minimum absolute atomic E-state index is 0.0388. The third-order valence-corrected chi connectivity index (χ3v) is 5.55. The molecular formula is C10H20N4O2S. The van der Waals surface area contributed by atoms with Gasteiger partial charge in [-0.1, -0.05) is 6.42 Å². The van der Waals surface area contributed by atoms with Crippen LogP contribution >= 0.6 is 0 Å². The summed E-state index contributed by atoms with van der Waals surface area (Å²) < 4.78 is 27.7. The number of amidine groups is 1. The van der Waals surface area contributed by atoms with E-state index in [9.17, 15) is 8.42 Å². The van der Waals surface area contributed by atoms with E-state index >= 15 is 0 Å². The third kappa shape index (κ3) is 2.46. The van der Waals surface area contributed by atoms with Crippen molar-refractivity contribution in [2.45, 2.75) is 38.1 Å². The van der Waals surface area contributed by atoms with E-state index in [1.807, 2.05) is 0 Å². The third-order valence-electron chi connectivity index (χ3n) is 3.50. The molecule has 2 aliphatic heterocycles. The molecule has 6 nitrogen and oxygen atoms in total. The summed E-state index contributed by atoms with van der Waals surface area (Å²) in [5, 5.41) is 7.47. The first kappa shape index (κ1) is 12.8. The van der Waals surface area contributed by atoms with Gasteiger partial charge in [0.1, 0.15) is 5.84 Å². The van der Waals surface area contributed by atoms with Crippen molar-refractivity contribution in [3.63, 3.8) is 0 Å². The molecule has 98 valence electrons. The lowest BCUT2D eigenvalue weighted by molar-refractivity contribution is 0.309. The number of nitrogens with zero attached hydrogens (tertiary/aromatic N) is 2. The zero-order valence-electron chi connectivity index (χ0n) is 9.93. The highest BCUT2D eigenvalue weighted by molar-refractivity contribution is 7.86. The van der Waals surface area contributed by atoms with E-state index in [0.717, 1.165) is 25.7 Å². The average Bonchev–Trinajstić information content (AvgIpc) is 2.80. The molecule has 1 unspecified atom stereocenters. The van der Waals surface area contributed by atoms with Gasteiger partial charge in [0, 0.05) is 19.6 Å². The Balaban J connectivity index is 2.16. The van der Waals surface area contributed by atoms with E-state index in [0.29, 0.717) is 26.1 Å². The van der Waals surface area contributed by atoms with E-state index in [1.54, 1.807) is 0 Å². The van der Waals surface area contributed by atoms with Crippen LogP contribution in [0.1, 0.15) is 32.1 Å². The highest BCUT2D eigenvalue weighted by Crippen LogP contribution is 2.25. The van der Waals surface area contributed by atoms with Crippen molar-refractivity contribution in [2.75, 3.05) is 19.6 Å². The number of rotatable bonds is 3. The summed E-state index contributed by atoms with van der Waals surface area (Å²) in [6.07, 6.45) is 4.41. The molecular weight excluding hydrogens is 240 g/mol. The second-order valence-electron chi connectivity index (χ2n) is 4.69. The van der Waals surface area contributed by atoms with Gasteiger partial charge in [0.15, 0.2) is 0 Å². The average molecular weight is 260 g/mol. The summed E-state index contributed by atoms with van der Waals surface area (Å²) in [5.74, 6) is -0.0388. The molecule has 0 amide bonds. The summed E-state index contributed by atoms with van der Waals surface area (Å²) in [5.41, 5.74) is 5.47. The predicted molar refractivity (Wildman–Crippen MR) is 66.0 cm³/mol. The topological polar surface area (TPSA) is 90.5 Å². The fourth-order valence-electron chi connectivity index (χ4n) is 2.57. The smallest absolute Gasteiger partial charge is 0.282 e. The van der Waals surface area contributed by atoms with Gasteiger partial charge in [-0.15, -0.1) is 0 Å². The van der Waals surface area contributed by atoms with Crippen LogP contribution in [0.3, 0.4) is 0 Å². The molecule has 1 atom stereocenters. The molecule has 0 aromatic rings. The Labute approximate surface area is 102 Å². The zero-order valence-corrected chi connectivity index (χ0v) is 10.7. The molecule has 2 fully saturated rings. The highest BCUT2D eigenvalue weighted by atomic mass is 32.2. The van der Waals surface area contributed by atoms with Crippen LogP contribution in [0.2, 0.25) is 0 Å².